The van der Waals surface area contributed by atoms with Gasteiger partial charge in [0.1, 0.15) is 5.58 Å². The van der Waals surface area contributed by atoms with Crippen LogP contribution in [0.25, 0.3) is 22.3 Å². The normalized spacial score (nSPS) is 11.1. The van der Waals surface area contributed by atoms with Crippen molar-refractivity contribution in [3.05, 3.63) is 40.6 Å². The van der Waals surface area contributed by atoms with Crippen LogP contribution >= 0.6 is 0 Å². The molecular formula is C13H8O5. The minimum atomic E-state index is -0.884. The second kappa shape index (κ2) is 3.40. The molecule has 0 bridgehead atoms. The highest BCUT2D eigenvalue weighted by atomic mass is 16.4. The number of phenols is 3. The quantitative estimate of drug-likeness (QED) is 0.415. The van der Waals surface area contributed by atoms with Crippen LogP contribution in [0.3, 0.4) is 0 Å². The summed E-state index contributed by atoms with van der Waals surface area (Å²) in [4.78, 5) is 11.8. The molecule has 3 N–H and O–H groups in total. The SMILES string of the molecule is O=c1c2cc3ccccc3oc-2c(O)c(O)c1O. The molecule has 90 valence electrons. The zero-order valence-electron chi connectivity index (χ0n) is 9.04. The average molecular weight is 244 g/mol. The van der Waals surface area contributed by atoms with E-state index in [1.807, 2.05) is 0 Å². The summed E-state index contributed by atoms with van der Waals surface area (Å²) in [6.45, 7) is 0. The Hall–Kier alpha value is -2.69. The van der Waals surface area contributed by atoms with E-state index in [1.165, 1.54) is 6.07 Å². The Bertz CT molecular complexity index is 787. The maximum absolute atomic E-state index is 11.8. The van der Waals surface area contributed by atoms with Gasteiger partial charge in [-0.15, -0.1) is 0 Å². The first-order valence-electron chi connectivity index (χ1n) is 5.19. The molecule has 0 atom stereocenters. The van der Waals surface area contributed by atoms with Gasteiger partial charge >= 0.3 is 0 Å². The van der Waals surface area contributed by atoms with Gasteiger partial charge < -0.3 is 19.7 Å². The Labute approximate surface area is 100 Å². The average Bonchev–Trinajstić information content (AvgIpc) is 2.41. The molecule has 0 saturated heterocycles. The van der Waals surface area contributed by atoms with Gasteiger partial charge in [0, 0.05) is 5.39 Å². The van der Waals surface area contributed by atoms with Gasteiger partial charge in [-0.05, 0) is 12.1 Å². The van der Waals surface area contributed by atoms with Crippen LogP contribution in [0, 0.1) is 0 Å². The molecule has 0 spiro atoms. The topological polar surface area (TPSA) is 90.9 Å². The summed E-state index contributed by atoms with van der Waals surface area (Å²) >= 11 is 0. The fourth-order valence-electron chi connectivity index (χ4n) is 1.88. The highest BCUT2D eigenvalue weighted by molar-refractivity contribution is 5.86. The molecule has 3 rings (SSSR count). The zero-order chi connectivity index (χ0) is 12.9. The Morgan fingerprint density at radius 1 is 0.944 bits per heavy atom. The number of rotatable bonds is 0. The Balaban J connectivity index is 2.59. The van der Waals surface area contributed by atoms with Crippen LogP contribution in [-0.2, 0) is 0 Å². The lowest BCUT2D eigenvalue weighted by molar-refractivity contribution is 0.359. The van der Waals surface area contributed by atoms with Crippen molar-refractivity contribution in [1.29, 1.82) is 0 Å². The molecule has 0 amide bonds. The summed E-state index contributed by atoms with van der Waals surface area (Å²) in [5.41, 5.74) is -0.305. The number of phenolic OH excluding ortho intramolecular Hbond substituents is 3. The molecule has 0 aromatic heterocycles. The predicted octanol–water partition coefficient (Wildman–Crippen LogP) is 2.01. The second-order valence-electron chi connectivity index (χ2n) is 3.90. The summed E-state index contributed by atoms with van der Waals surface area (Å²) in [5.74, 6) is -2.54. The third-order valence-electron chi connectivity index (χ3n) is 2.80. The van der Waals surface area contributed by atoms with Crippen molar-refractivity contribution in [2.24, 2.45) is 0 Å². The van der Waals surface area contributed by atoms with Gasteiger partial charge in [-0.2, -0.15) is 0 Å². The van der Waals surface area contributed by atoms with E-state index in [9.17, 15) is 20.1 Å². The second-order valence-corrected chi connectivity index (χ2v) is 3.90. The van der Waals surface area contributed by atoms with Gasteiger partial charge in [-0.1, -0.05) is 18.2 Å². The van der Waals surface area contributed by atoms with E-state index in [0.29, 0.717) is 11.0 Å². The summed E-state index contributed by atoms with van der Waals surface area (Å²) in [7, 11) is 0. The first kappa shape index (κ1) is 10.5. The van der Waals surface area contributed by atoms with E-state index in [0.717, 1.165) is 0 Å². The van der Waals surface area contributed by atoms with Crippen molar-refractivity contribution < 1.29 is 19.7 Å². The van der Waals surface area contributed by atoms with Crippen LogP contribution < -0.4 is 5.43 Å². The Morgan fingerprint density at radius 2 is 1.67 bits per heavy atom. The van der Waals surface area contributed by atoms with Gasteiger partial charge in [0.25, 0.3) is 0 Å². The zero-order valence-corrected chi connectivity index (χ0v) is 9.04. The van der Waals surface area contributed by atoms with E-state index in [4.69, 9.17) is 4.42 Å². The van der Waals surface area contributed by atoms with E-state index in [2.05, 4.69) is 0 Å². The van der Waals surface area contributed by atoms with E-state index in [-0.39, 0.29) is 11.3 Å². The number of hydrogen-bond donors (Lipinski definition) is 3. The number of para-hydroxylation sites is 1. The van der Waals surface area contributed by atoms with Crippen LogP contribution in [0.5, 0.6) is 17.2 Å². The van der Waals surface area contributed by atoms with E-state index in [1.54, 1.807) is 24.3 Å². The van der Waals surface area contributed by atoms with Crippen LogP contribution in [0.15, 0.2) is 39.5 Å². The van der Waals surface area contributed by atoms with E-state index >= 15 is 0 Å². The summed E-state index contributed by atoms with van der Waals surface area (Å²) in [5, 5.41) is 29.1. The third-order valence-corrected chi connectivity index (χ3v) is 2.80. The molecule has 0 saturated carbocycles. The maximum Gasteiger partial charge on any atom is 0.235 e. The highest BCUT2D eigenvalue weighted by Gasteiger charge is 2.24. The minimum Gasteiger partial charge on any atom is -0.502 e. The van der Waals surface area contributed by atoms with Crippen molar-refractivity contribution in [1.82, 2.24) is 0 Å². The Morgan fingerprint density at radius 3 is 2.44 bits per heavy atom. The number of hydrogen-bond acceptors (Lipinski definition) is 5. The fourth-order valence-corrected chi connectivity index (χ4v) is 1.88. The van der Waals surface area contributed by atoms with E-state index < -0.39 is 22.7 Å². The van der Waals surface area contributed by atoms with Crippen LogP contribution in [0.1, 0.15) is 0 Å². The van der Waals surface area contributed by atoms with Gasteiger partial charge in [0.15, 0.2) is 5.76 Å². The standard InChI is InChI=1S/C13H8O5/c14-9-7-5-6-3-1-2-4-8(6)18-13(7)12(17)11(16)10(9)15/h1-5,15-17H. The molecule has 0 unspecified atom stereocenters. The predicted molar refractivity (Wildman–Crippen MR) is 64.1 cm³/mol. The first-order valence-corrected chi connectivity index (χ1v) is 5.19. The molecule has 0 fully saturated rings. The highest BCUT2D eigenvalue weighted by Crippen LogP contribution is 2.42. The molecule has 18 heavy (non-hydrogen) atoms. The van der Waals surface area contributed by atoms with Crippen molar-refractivity contribution in [3.63, 3.8) is 0 Å². The van der Waals surface area contributed by atoms with Crippen molar-refractivity contribution in [2.45, 2.75) is 0 Å². The maximum atomic E-state index is 11.8. The fraction of sp³-hybridized carbons (Fsp3) is 0. The van der Waals surface area contributed by atoms with Crippen molar-refractivity contribution in [2.75, 3.05) is 0 Å². The molecule has 1 aliphatic heterocycles. The molecule has 1 aromatic carbocycles. The van der Waals surface area contributed by atoms with Crippen LogP contribution in [-0.4, -0.2) is 15.3 Å². The number of aromatic hydroxyl groups is 3. The van der Waals surface area contributed by atoms with Gasteiger partial charge in [-0.3, -0.25) is 4.79 Å². The monoisotopic (exact) mass is 244 g/mol. The lowest BCUT2D eigenvalue weighted by Crippen LogP contribution is -2.05. The molecule has 0 radical (unpaired) electrons. The molecule has 5 heteroatoms. The van der Waals surface area contributed by atoms with Crippen molar-refractivity contribution >= 4 is 11.0 Å². The number of benzene rings is 2. The summed E-state index contributed by atoms with van der Waals surface area (Å²) in [6.07, 6.45) is 0. The smallest absolute Gasteiger partial charge is 0.235 e. The van der Waals surface area contributed by atoms with Crippen molar-refractivity contribution in [3.8, 4) is 28.6 Å². The Kier molecular flexibility index (Phi) is 1.98. The molecular weight excluding hydrogens is 236 g/mol. The third kappa shape index (κ3) is 1.24. The molecule has 5 nitrogen and oxygen atoms in total. The van der Waals surface area contributed by atoms with Gasteiger partial charge in [0.05, 0.1) is 5.56 Å². The lowest BCUT2D eigenvalue weighted by atomic mass is 10.1. The van der Waals surface area contributed by atoms with Crippen LogP contribution in [0.4, 0.5) is 0 Å². The van der Waals surface area contributed by atoms with Gasteiger partial charge in [0.2, 0.25) is 22.7 Å². The molecule has 1 aliphatic carbocycles. The number of fused-ring (bicyclic) bond motifs is 2. The summed E-state index contributed by atoms with van der Waals surface area (Å²) < 4.78 is 5.37. The largest absolute Gasteiger partial charge is 0.502 e. The molecule has 1 heterocycles. The molecule has 1 aromatic rings. The van der Waals surface area contributed by atoms with Gasteiger partial charge in [-0.25, -0.2) is 0 Å². The first-order chi connectivity index (χ1) is 8.59. The van der Waals surface area contributed by atoms with Crippen LogP contribution in [0.2, 0.25) is 0 Å². The minimum absolute atomic E-state index is 0.0153. The molecule has 2 aliphatic rings. The lowest BCUT2D eigenvalue weighted by Gasteiger charge is -2.10. The summed E-state index contributed by atoms with van der Waals surface area (Å²) in [6, 6.07) is 8.41.